The van der Waals surface area contributed by atoms with Crippen LogP contribution < -0.4 is 0 Å². The topological polar surface area (TPSA) is 35.3 Å². The molecule has 1 aromatic carbocycles. The average molecular weight is 493 g/mol. The minimum absolute atomic E-state index is 0.0727. The predicted molar refractivity (Wildman–Crippen MR) is 128 cm³/mol. The second-order valence-corrected chi connectivity index (χ2v) is 16.2. The van der Waals surface area contributed by atoms with E-state index in [9.17, 15) is 0 Å². The fourth-order valence-electron chi connectivity index (χ4n) is 2.93. The molecular weight excluding hydrogens is 462 g/mol. The molecule has 3 nitrogen and oxygen atoms in total. The molecule has 3 aromatic rings. The molecule has 0 fully saturated rings. The average Bonchev–Trinajstić information content (AvgIpc) is 3.24. The van der Waals surface area contributed by atoms with E-state index in [-0.39, 0.29) is 11.1 Å². The van der Waals surface area contributed by atoms with Crippen LogP contribution in [0.15, 0.2) is 50.7 Å². The number of halogens is 1. The molecule has 3 rings (SSSR count). The van der Waals surface area contributed by atoms with E-state index < -0.39 is 8.32 Å². The fraction of sp³-hybridized carbons (Fsp3) is 0.435. The Morgan fingerprint density at radius 2 is 1.83 bits per heavy atom. The molecule has 0 spiro atoms. The summed E-state index contributed by atoms with van der Waals surface area (Å²) in [5.41, 5.74) is 2.03. The van der Waals surface area contributed by atoms with E-state index >= 15 is 0 Å². The first-order chi connectivity index (χ1) is 13.6. The lowest BCUT2D eigenvalue weighted by Gasteiger charge is -2.39. The molecule has 0 aliphatic carbocycles. The van der Waals surface area contributed by atoms with Gasteiger partial charge in [-0.2, -0.15) is 0 Å². The Hall–Kier alpha value is -1.21. The molecule has 0 aliphatic heterocycles. The number of rotatable bonds is 7. The zero-order valence-electron chi connectivity index (χ0n) is 18.1. The van der Waals surface area contributed by atoms with E-state index in [0.29, 0.717) is 5.89 Å². The third-order valence-electron chi connectivity index (χ3n) is 5.71. The summed E-state index contributed by atoms with van der Waals surface area (Å²) in [5.74, 6) is 1.58. The number of thiophene rings is 1. The summed E-state index contributed by atoms with van der Waals surface area (Å²) < 4.78 is 13.9. The maximum atomic E-state index is 6.82. The van der Waals surface area contributed by atoms with Crippen LogP contribution in [-0.2, 0) is 10.8 Å². The summed E-state index contributed by atoms with van der Waals surface area (Å²) in [4.78, 5) is 6.05. The zero-order chi connectivity index (χ0) is 21.2. The Kier molecular flexibility index (Phi) is 6.88. The van der Waals surface area contributed by atoms with Gasteiger partial charge in [0.25, 0.3) is 0 Å². The third kappa shape index (κ3) is 5.48. The number of hydrogen-bond acceptors (Lipinski definition) is 4. The number of aromatic nitrogens is 1. The number of hydrogen-bond donors (Lipinski definition) is 0. The maximum absolute atomic E-state index is 6.82. The predicted octanol–water partition coefficient (Wildman–Crippen LogP) is 8.17. The smallest absolute Gasteiger partial charge is 0.226 e. The highest BCUT2D eigenvalue weighted by molar-refractivity contribution is 9.11. The standard InChI is InChI=1S/C23H30BrNO2SSi/c1-16-18(25-22(26-16)17-10-8-7-9-11-17)12-13-19(20-14-15-21(24)28-20)27-29(5,6)23(2,3)4/h7-11,14-15,19H,12-13H2,1-6H3. The molecule has 0 saturated heterocycles. The summed E-state index contributed by atoms with van der Waals surface area (Å²) >= 11 is 5.36. The molecule has 0 N–H and O–H groups in total. The van der Waals surface area contributed by atoms with Gasteiger partial charge in [-0.05, 0) is 78.1 Å². The Bertz CT molecular complexity index is 943. The number of nitrogens with zero attached hydrogens (tertiary/aromatic N) is 1. The van der Waals surface area contributed by atoms with E-state index in [1.54, 1.807) is 11.3 Å². The molecule has 0 aliphatic rings. The van der Waals surface area contributed by atoms with Crippen LogP contribution in [-0.4, -0.2) is 13.3 Å². The highest BCUT2D eigenvalue weighted by Crippen LogP contribution is 2.42. The summed E-state index contributed by atoms with van der Waals surface area (Å²) in [6.45, 7) is 13.5. The highest BCUT2D eigenvalue weighted by Gasteiger charge is 2.39. The first-order valence-corrected chi connectivity index (χ1v) is 14.5. The molecule has 0 bridgehead atoms. The fourth-order valence-corrected chi connectivity index (χ4v) is 5.81. The molecule has 1 unspecified atom stereocenters. The van der Waals surface area contributed by atoms with Crippen LogP contribution in [0.5, 0.6) is 0 Å². The van der Waals surface area contributed by atoms with Gasteiger partial charge in [-0.25, -0.2) is 4.98 Å². The lowest BCUT2D eigenvalue weighted by atomic mass is 10.1. The van der Waals surface area contributed by atoms with Gasteiger partial charge in [0.2, 0.25) is 5.89 Å². The van der Waals surface area contributed by atoms with Crippen LogP contribution in [0.1, 0.15) is 49.6 Å². The lowest BCUT2D eigenvalue weighted by molar-refractivity contribution is 0.177. The number of benzene rings is 1. The van der Waals surface area contributed by atoms with Gasteiger partial charge in [-0.15, -0.1) is 11.3 Å². The first-order valence-electron chi connectivity index (χ1n) is 10.0. The van der Waals surface area contributed by atoms with Crippen molar-refractivity contribution < 1.29 is 8.84 Å². The summed E-state index contributed by atoms with van der Waals surface area (Å²) in [6.07, 6.45) is 1.79. The van der Waals surface area contributed by atoms with Crippen molar-refractivity contribution >= 4 is 35.6 Å². The van der Waals surface area contributed by atoms with Gasteiger partial charge in [-0.3, -0.25) is 0 Å². The minimum Gasteiger partial charge on any atom is -0.441 e. The molecule has 0 amide bonds. The van der Waals surface area contributed by atoms with Crippen molar-refractivity contribution in [3.63, 3.8) is 0 Å². The second kappa shape index (κ2) is 8.88. The SMILES string of the molecule is Cc1oc(-c2ccccc2)nc1CCC(O[Si](C)(C)C(C)(C)C)c1ccc(Br)s1. The van der Waals surface area contributed by atoms with Crippen LogP contribution in [0, 0.1) is 6.92 Å². The molecule has 156 valence electrons. The van der Waals surface area contributed by atoms with Crippen molar-refractivity contribution in [3.8, 4) is 11.5 Å². The second-order valence-electron chi connectivity index (χ2n) is 8.94. The summed E-state index contributed by atoms with van der Waals surface area (Å²) in [6, 6.07) is 14.4. The molecule has 2 aromatic heterocycles. The van der Waals surface area contributed by atoms with Crippen molar-refractivity contribution in [2.75, 3.05) is 0 Å². The molecular formula is C23H30BrNO2SSi. The summed E-state index contributed by atoms with van der Waals surface area (Å²) in [7, 11) is -1.89. The van der Waals surface area contributed by atoms with Gasteiger partial charge in [0.05, 0.1) is 15.6 Å². The molecule has 0 radical (unpaired) electrons. The van der Waals surface area contributed by atoms with Crippen molar-refractivity contribution in [3.05, 3.63) is 62.6 Å². The van der Waals surface area contributed by atoms with Gasteiger partial charge >= 0.3 is 0 Å². The normalized spacial score (nSPS) is 13.6. The molecule has 6 heteroatoms. The number of oxazole rings is 1. The Balaban J connectivity index is 1.79. The van der Waals surface area contributed by atoms with E-state index in [4.69, 9.17) is 13.8 Å². The van der Waals surface area contributed by atoms with Crippen LogP contribution in [0.25, 0.3) is 11.5 Å². The zero-order valence-corrected chi connectivity index (χ0v) is 21.5. The monoisotopic (exact) mass is 491 g/mol. The van der Waals surface area contributed by atoms with E-state index in [1.165, 1.54) is 4.88 Å². The van der Waals surface area contributed by atoms with Crippen molar-refractivity contribution in [2.24, 2.45) is 0 Å². The quantitative estimate of drug-likeness (QED) is 0.312. The third-order valence-corrected chi connectivity index (χ3v) is 11.9. The van der Waals surface area contributed by atoms with Gasteiger partial charge < -0.3 is 8.84 Å². The Morgan fingerprint density at radius 3 is 2.41 bits per heavy atom. The van der Waals surface area contributed by atoms with Gasteiger partial charge in [0, 0.05) is 10.4 Å². The maximum Gasteiger partial charge on any atom is 0.226 e. The molecule has 29 heavy (non-hydrogen) atoms. The van der Waals surface area contributed by atoms with Gasteiger partial charge in [-0.1, -0.05) is 39.0 Å². The molecule has 1 atom stereocenters. The first kappa shape index (κ1) is 22.5. The minimum atomic E-state index is -1.89. The van der Waals surface area contributed by atoms with Crippen LogP contribution in [0.4, 0.5) is 0 Å². The van der Waals surface area contributed by atoms with Crippen molar-refractivity contribution in [2.45, 2.75) is 64.8 Å². The Morgan fingerprint density at radius 1 is 1.14 bits per heavy atom. The highest BCUT2D eigenvalue weighted by atomic mass is 79.9. The molecule has 0 saturated carbocycles. The largest absolute Gasteiger partial charge is 0.441 e. The van der Waals surface area contributed by atoms with Crippen LogP contribution >= 0.6 is 27.3 Å². The lowest BCUT2D eigenvalue weighted by Crippen LogP contribution is -2.41. The van der Waals surface area contributed by atoms with Gasteiger partial charge in [0.15, 0.2) is 8.32 Å². The van der Waals surface area contributed by atoms with E-state index in [1.807, 2.05) is 37.3 Å². The van der Waals surface area contributed by atoms with Gasteiger partial charge in [0.1, 0.15) is 5.76 Å². The van der Waals surface area contributed by atoms with E-state index in [0.717, 1.165) is 33.6 Å². The number of aryl methyl sites for hydroxylation is 2. The van der Waals surface area contributed by atoms with Crippen LogP contribution in [0.3, 0.4) is 0 Å². The van der Waals surface area contributed by atoms with Crippen LogP contribution in [0.2, 0.25) is 18.1 Å². The Labute approximate surface area is 187 Å². The molecule has 2 heterocycles. The van der Waals surface area contributed by atoms with Crippen molar-refractivity contribution in [1.82, 2.24) is 4.98 Å². The summed E-state index contributed by atoms with van der Waals surface area (Å²) in [5, 5.41) is 0.171. The van der Waals surface area contributed by atoms with Crippen molar-refractivity contribution in [1.29, 1.82) is 0 Å². The van der Waals surface area contributed by atoms with E-state index in [2.05, 4.69) is 61.9 Å².